The van der Waals surface area contributed by atoms with Crippen LogP contribution in [0.4, 0.5) is 5.13 Å². The minimum absolute atomic E-state index is 0.0387. The number of allylic oxidation sites excluding steroid dienone is 2. The molecule has 3 fully saturated rings. The molecule has 2 aliphatic carbocycles. The van der Waals surface area contributed by atoms with E-state index in [1.807, 2.05) is 5.38 Å². The molecule has 0 N–H and O–H groups in total. The molecule has 1 aliphatic heterocycles. The van der Waals surface area contributed by atoms with Crippen LogP contribution < -0.4 is 4.90 Å². The first-order valence-corrected chi connectivity index (χ1v) is 11.0. The largest absolute Gasteiger partial charge is 0.274 e. The van der Waals surface area contributed by atoms with E-state index in [1.54, 1.807) is 0 Å². The van der Waals surface area contributed by atoms with E-state index in [1.165, 1.54) is 32.9 Å². The number of nitrogens with zero attached hydrogens (tertiary/aromatic N) is 2. The van der Waals surface area contributed by atoms with Crippen molar-refractivity contribution in [3.63, 3.8) is 0 Å². The van der Waals surface area contributed by atoms with Crippen LogP contribution in [0.2, 0.25) is 0 Å². The molecule has 2 amide bonds. The molecule has 2 heterocycles. The van der Waals surface area contributed by atoms with Gasteiger partial charge in [0.05, 0.1) is 17.5 Å². The summed E-state index contributed by atoms with van der Waals surface area (Å²) in [6, 6.07) is 8.32. The third-order valence-corrected chi connectivity index (χ3v) is 7.60. The van der Waals surface area contributed by atoms with Gasteiger partial charge in [-0.3, -0.25) is 9.59 Å². The first-order valence-electron chi connectivity index (χ1n) is 10.1. The first-order chi connectivity index (χ1) is 13.5. The van der Waals surface area contributed by atoms with Gasteiger partial charge in [0.1, 0.15) is 0 Å². The summed E-state index contributed by atoms with van der Waals surface area (Å²) in [5, 5.41) is 2.47. The van der Waals surface area contributed by atoms with Gasteiger partial charge in [-0.1, -0.05) is 42.3 Å². The Kier molecular flexibility index (Phi) is 4.05. The van der Waals surface area contributed by atoms with Crippen LogP contribution in [0, 0.1) is 23.7 Å². The van der Waals surface area contributed by atoms with Crippen LogP contribution in [0.1, 0.15) is 39.2 Å². The van der Waals surface area contributed by atoms with Gasteiger partial charge in [0.15, 0.2) is 5.13 Å². The molecule has 2 aromatic rings. The second-order valence-corrected chi connectivity index (χ2v) is 9.21. The number of carbonyl (C=O) groups excluding carboxylic acids is 2. The Balaban J connectivity index is 1.46. The Hall–Kier alpha value is -2.27. The Morgan fingerprint density at radius 3 is 2.21 bits per heavy atom. The highest BCUT2D eigenvalue weighted by Crippen LogP contribution is 2.60. The minimum atomic E-state index is -0.174. The fourth-order valence-corrected chi connectivity index (χ4v) is 6.43. The summed E-state index contributed by atoms with van der Waals surface area (Å²) >= 11 is 1.39. The van der Waals surface area contributed by atoms with Gasteiger partial charge < -0.3 is 0 Å². The van der Waals surface area contributed by atoms with Gasteiger partial charge in [-0.05, 0) is 50.5 Å². The molecule has 4 nitrogen and oxygen atoms in total. The maximum Gasteiger partial charge on any atom is 0.240 e. The van der Waals surface area contributed by atoms with Crippen LogP contribution in [0.3, 0.4) is 0 Å². The van der Waals surface area contributed by atoms with Gasteiger partial charge >= 0.3 is 0 Å². The average molecular weight is 393 g/mol. The van der Waals surface area contributed by atoms with Gasteiger partial charge in [0.2, 0.25) is 11.8 Å². The normalized spacial score (nSPS) is 28.4. The summed E-state index contributed by atoms with van der Waals surface area (Å²) in [5.74, 6) is 0.0796. The van der Waals surface area contributed by atoms with Crippen molar-refractivity contribution in [1.82, 2.24) is 4.98 Å². The fourth-order valence-electron chi connectivity index (χ4n) is 5.59. The van der Waals surface area contributed by atoms with E-state index in [-0.39, 0.29) is 35.5 Å². The molecule has 28 heavy (non-hydrogen) atoms. The Morgan fingerprint density at radius 2 is 1.68 bits per heavy atom. The molecule has 3 aliphatic rings. The molecule has 1 aromatic carbocycles. The number of carbonyl (C=O) groups is 2. The number of rotatable bonds is 3. The van der Waals surface area contributed by atoms with Crippen LogP contribution in [0.15, 0.2) is 40.8 Å². The molecule has 2 saturated carbocycles. The quantitative estimate of drug-likeness (QED) is 0.554. The molecule has 2 bridgehead atoms. The van der Waals surface area contributed by atoms with E-state index in [4.69, 9.17) is 0 Å². The number of aryl methyl sites for hydroxylation is 1. The predicted octanol–water partition coefficient (Wildman–Crippen LogP) is 4.85. The zero-order valence-corrected chi connectivity index (χ0v) is 17.3. The highest BCUT2D eigenvalue weighted by molar-refractivity contribution is 7.14. The molecule has 1 saturated heterocycles. The molecule has 5 heteroatoms. The van der Waals surface area contributed by atoms with Crippen molar-refractivity contribution in [3.8, 4) is 11.3 Å². The number of anilines is 1. The number of hydrogen-bond acceptors (Lipinski definition) is 4. The summed E-state index contributed by atoms with van der Waals surface area (Å²) in [4.78, 5) is 32.5. The van der Waals surface area contributed by atoms with Crippen LogP contribution in [-0.2, 0) is 16.0 Å². The third-order valence-electron chi connectivity index (χ3n) is 6.77. The van der Waals surface area contributed by atoms with Crippen LogP contribution in [0.5, 0.6) is 0 Å². The first kappa shape index (κ1) is 17.8. The minimum Gasteiger partial charge on any atom is -0.274 e. The zero-order chi connectivity index (χ0) is 19.6. The van der Waals surface area contributed by atoms with Gasteiger partial charge in [-0.2, -0.15) is 0 Å². The summed E-state index contributed by atoms with van der Waals surface area (Å²) in [7, 11) is 0. The number of aromatic nitrogens is 1. The van der Waals surface area contributed by atoms with E-state index in [9.17, 15) is 9.59 Å². The van der Waals surface area contributed by atoms with Crippen molar-refractivity contribution >= 4 is 28.3 Å². The monoisotopic (exact) mass is 392 g/mol. The van der Waals surface area contributed by atoms with E-state index in [0.29, 0.717) is 5.13 Å². The van der Waals surface area contributed by atoms with Gasteiger partial charge in [0.25, 0.3) is 0 Å². The zero-order valence-electron chi connectivity index (χ0n) is 16.4. The summed E-state index contributed by atoms with van der Waals surface area (Å²) in [6.07, 6.45) is 3.07. The lowest BCUT2D eigenvalue weighted by molar-refractivity contribution is -0.123. The van der Waals surface area contributed by atoms with Crippen molar-refractivity contribution < 1.29 is 9.59 Å². The summed E-state index contributed by atoms with van der Waals surface area (Å²) in [5.41, 5.74) is 5.80. The Labute approximate surface area is 169 Å². The Bertz CT molecular complexity index is 968. The van der Waals surface area contributed by atoms with E-state index < -0.39 is 0 Å². The lowest BCUT2D eigenvalue weighted by atomic mass is 9.81. The number of hydrogen-bond donors (Lipinski definition) is 0. The predicted molar refractivity (Wildman–Crippen MR) is 111 cm³/mol. The molecule has 144 valence electrons. The maximum atomic E-state index is 13.2. The SMILES string of the molecule is CCc1ccc(-c2csc(N3C(=O)[C@@H]4[C@@H](C3=O)[C@H]3CC[C@@H]4C3=C(C)C)n2)cc1. The van der Waals surface area contributed by atoms with Crippen LogP contribution in [-0.4, -0.2) is 16.8 Å². The van der Waals surface area contributed by atoms with E-state index in [2.05, 4.69) is 50.0 Å². The molecule has 1 aromatic heterocycles. The third kappa shape index (κ3) is 2.38. The molecule has 5 rings (SSSR count). The summed E-state index contributed by atoms with van der Waals surface area (Å²) < 4.78 is 0. The highest BCUT2D eigenvalue weighted by Gasteiger charge is 2.64. The van der Waals surface area contributed by atoms with Gasteiger partial charge in [-0.25, -0.2) is 9.88 Å². The highest BCUT2D eigenvalue weighted by atomic mass is 32.1. The van der Waals surface area contributed by atoms with Crippen molar-refractivity contribution in [2.24, 2.45) is 23.7 Å². The Morgan fingerprint density at radius 1 is 1.07 bits per heavy atom. The van der Waals surface area contributed by atoms with Gasteiger partial charge in [0, 0.05) is 10.9 Å². The molecular weight excluding hydrogens is 368 g/mol. The van der Waals surface area contributed by atoms with Crippen molar-refractivity contribution in [2.45, 2.75) is 40.0 Å². The van der Waals surface area contributed by atoms with E-state index >= 15 is 0 Å². The number of thiazole rings is 1. The molecule has 0 spiro atoms. The standard InChI is InChI=1S/C23H24N2O2S/c1-4-13-5-7-14(8-6-13)17-11-28-23(24-17)25-21(26)19-15-9-10-16(18(15)12(2)3)20(19)22(25)27/h5-8,11,15-16,19-20H,4,9-10H2,1-3H3/t15-,16+,19-,20-/m0/s1. The number of amides is 2. The fraction of sp³-hybridized carbons (Fsp3) is 0.435. The molecular formula is C23H24N2O2S. The van der Waals surface area contributed by atoms with Crippen LogP contribution in [0.25, 0.3) is 11.3 Å². The van der Waals surface area contributed by atoms with Gasteiger partial charge in [-0.15, -0.1) is 11.3 Å². The van der Waals surface area contributed by atoms with E-state index in [0.717, 1.165) is 30.5 Å². The number of benzene rings is 1. The smallest absolute Gasteiger partial charge is 0.240 e. The number of imide groups is 1. The van der Waals surface area contributed by atoms with Crippen molar-refractivity contribution in [1.29, 1.82) is 0 Å². The summed E-state index contributed by atoms with van der Waals surface area (Å²) in [6.45, 7) is 6.36. The second-order valence-electron chi connectivity index (χ2n) is 8.37. The second kappa shape index (κ2) is 6.38. The van der Waals surface area contributed by atoms with Crippen molar-refractivity contribution in [3.05, 3.63) is 46.4 Å². The van der Waals surface area contributed by atoms with Crippen molar-refractivity contribution in [2.75, 3.05) is 4.90 Å². The lowest BCUT2D eigenvalue weighted by Crippen LogP contribution is -2.33. The topological polar surface area (TPSA) is 50.3 Å². The molecule has 4 atom stereocenters. The maximum absolute atomic E-state index is 13.2. The van der Waals surface area contributed by atoms with Crippen LogP contribution >= 0.6 is 11.3 Å². The molecule has 0 radical (unpaired) electrons. The molecule has 0 unspecified atom stereocenters. The average Bonchev–Trinajstić information content (AvgIpc) is 3.44. The number of fused-ring (bicyclic) bond motifs is 5. The lowest BCUT2D eigenvalue weighted by Gasteiger charge is -2.18.